The molecule has 21 heavy (non-hydrogen) atoms. The van der Waals surface area contributed by atoms with Crippen molar-refractivity contribution in [2.75, 3.05) is 13.1 Å². The van der Waals surface area contributed by atoms with Gasteiger partial charge in [-0.25, -0.2) is 0 Å². The molecule has 1 aliphatic heterocycles. The number of piperidine rings is 1. The molecular weight excluding hydrogens is 268 g/mol. The van der Waals surface area contributed by atoms with Gasteiger partial charge < -0.3 is 10.2 Å². The number of aryl methyl sites for hydroxylation is 1. The molecule has 2 rings (SSSR count). The second-order valence-electron chi connectivity index (χ2n) is 5.52. The Morgan fingerprint density at radius 2 is 2.24 bits per heavy atom. The van der Waals surface area contributed by atoms with Gasteiger partial charge in [-0.3, -0.25) is 14.3 Å². The normalized spacial score (nSPS) is 18.6. The number of aromatic nitrogens is 2. The Morgan fingerprint density at radius 3 is 2.90 bits per heavy atom. The molecule has 1 saturated heterocycles. The molecule has 0 unspecified atom stereocenters. The first-order valence-electron chi connectivity index (χ1n) is 7.68. The standard InChI is InChI=1S/C15H24N4O2/c1-3-14(20)19-8-5-4-6-13(19)15(21)16-7-9-18-11-12(2)10-17-18/h10-11,13H,3-9H2,1-2H3,(H,16,21)/t13-/m0/s1. The number of hydrogen-bond donors (Lipinski definition) is 1. The lowest BCUT2D eigenvalue weighted by atomic mass is 10.0. The number of rotatable bonds is 5. The van der Waals surface area contributed by atoms with E-state index in [1.165, 1.54) is 0 Å². The van der Waals surface area contributed by atoms with Gasteiger partial charge in [0.2, 0.25) is 11.8 Å². The molecule has 1 N–H and O–H groups in total. The third-order valence-electron chi connectivity index (χ3n) is 3.83. The highest BCUT2D eigenvalue weighted by Crippen LogP contribution is 2.18. The van der Waals surface area contributed by atoms with Gasteiger partial charge in [-0.05, 0) is 31.7 Å². The van der Waals surface area contributed by atoms with Crippen LogP contribution in [0.2, 0.25) is 0 Å². The zero-order chi connectivity index (χ0) is 15.2. The Morgan fingerprint density at radius 1 is 1.43 bits per heavy atom. The summed E-state index contributed by atoms with van der Waals surface area (Å²) in [6.45, 7) is 5.70. The number of likely N-dealkylation sites (tertiary alicyclic amines) is 1. The Kier molecular flexibility index (Phi) is 5.36. The third-order valence-corrected chi connectivity index (χ3v) is 3.83. The lowest BCUT2D eigenvalue weighted by molar-refractivity contribution is -0.142. The molecule has 0 spiro atoms. The van der Waals surface area contributed by atoms with E-state index in [-0.39, 0.29) is 17.9 Å². The van der Waals surface area contributed by atoms with E-state index in [1.54, 1.807) is 11.1 Å². The van der Waals surface area contributed by atoms with Gasteiger partial charge in [0, 0.05) is 25.7 Å². The summed E-state index contributed by atoms with van der Waals surface area (Å²) in [5.41, 5.74) is 1.10. The van der Waals surface area contributed by atoms with Gasteiger partial charge in [-0.1, -0.05) is 6.92 Å². The van der Waals surface area contributed by atoms with Crippen LogP contribution < -0.4 is 5.32 Å². The van der Waals surface area contributed by atoms with Crippen molar-refractivity contribution in [3.63, 3.8) is 0 Å². The smallest absolute Gasteiger partial charge is 0.242 e. The average Bonchev–Trinajstić information content (AvgIpc) is 2.91. The fraction of sp³-hybridized carbons (Fsp3) is 0.667. The van der Waals surface area contributed by atoms with Crippen LogP contribution in [0.3, 0.4) is 0 Å². The van der Waals surface area contributed by atoms with E-state index in [0.717, 1.165) is 24.8 Å². The lowest BCUT2D eigenvalue weighted by Gasteiger charge is -2.34. The molecule has 6 nitrogen and oxygen atoms in total. The summed E-state index contributed by atoms with van der Waals surface area (Å²) >= 11 is 0. The fourth-order valence-electron chi connectivity index (χ4n) is 2.71. The topological polar surface area (TPSA) is 67.2 Å². The van der Waals surface area contributed by atoms with Crippen molar-refractivity contribution in [1.82, 2.24) is 20.0 Å². The monoisotopic (exact) mass is 292 g/mol. The molecule has 0 saturated carbocycles. The fourth-order valence-corrected chi connectivity index (χ4v) is 2.71. The van der Waals surface area contributed by atoms with E-state index >= 15 is 0 Å². The Labute approximate surface area is 125 Å². The van der Waals surface area contributed by atoms with E-state index in [9.17, 15) is 9.59 Å². The van der Waals surface area contributed by atoms with Crippen LogP contribution in [0.1, 0.15) is 38.2 Å². The highest BCUT2D eigenvalue weighted by molar-refractivity contribution is 5.87. The molecule has 0 aromatic carbocycles. The van der Waals surface area contributed by atoms with Crippen molar-refractivity contribution in [2.45, 2.75) is 52.1 Å². The number of hydrogen-bond acceptors (Lipinski definition) is 3. The minimum atomic E-state index is -0.300. The van der Waals surface area contributed by atoms with E-state index in [0.29, 0.717) is 26.1 Å². The molecule has 6 heteroatoms. The molecule has 0 radical (unpaired) electrons. The van der Waals surface area contributed by atoms with Crippen molar-refractivity contribution >= 4 is 11.8 Å². The largest absolute Gasteiger partial charge is 0.352 e. The van der Waals surface area contributed by atoms with Crippen LogP contribution in [-0.4, -0.2) is 45.6 Å². The van der Waals surface area contributed by atoms with E-state index in [4.69, 9.17) is 0 Å². The van der Waals surface area contributed by atoms with Crippen LogP contribution in [0.5, 0.6) is 0 Å². The van der Waals surface area contributed by atoms with Crippen molar-refractivity contribution in [1.29, 1.82) is 0 Å². The van der Waals surface area contributed by atoms with Gasteiger partial charge in [0.15, 0.2) is 0 Å². The lowest BCUT2D eigenvalue weighted by Crippen LogP contribution is -2.52. The molecule has 1 aliphatic rings. The molecule has 1 atom stereocenters. The summed E-state index contributed by atoms with van der Waals surface area (Å²) in [5, 5.41) is 7.11. The first kappa shape index (κ1) is 15.5. The first-order valence-corrected chi connectivity index (χ1v) is 7.68. The van der Waals surface area contributed by atoms with Gasteiger partial charge in [0.25, 0.3) is 0 Å². The van der Waals surface area contributed by atoms with Crippen molar-refractivity contribution in [3.8, 4) is 0 Å². The van der Waals surface area contributed by atoms with Crippen LogP contribution in [-0.2, 0) is 16.1 Å². The maximum atomic E-state index is 12.3. The molecule has 1 aromatic rings. The van der Waals surface area contributed by atoms with E-state index < -0.39 is 0 Å². The highest BCUT2D eigenvalue weighted by atomic mass is 16.2. The molecule has 2 amide bonds. The number of carbonyl (C=O) groups is 2. The molecule has 0 bridgehead atoms. The molecule has 1 aromatic heterocycles. The summed E-state index contributed by atoms with van der Waals surface area (Å²) in [7, 11) is 0. The van der Waals surface area contributed by atoms with Crippen molar-refractivity contribution in [2.24, 2.45) is 0 Å². The first-order chi connectivity index (χ1) is 10.1. The number of nitrogens with one attached hydrogen (secondary N) is 1. The summed E-state index contributed by atoms with van der Waals surface area (Å²) in [5.74, 6) is 0.0259. The summed E-state index contributed by atoms with van der Waals surface area (Å²) < 4.78 is 1.81. The van der Waals surface area contributed by atoms with E-state index in [1.807, 2.05) is 24.7 Å². The predicted molar refractivity (Wildman–Crippen MR) is 79.6 cm³/mol. The summed E-state index contributed by atoms with van der Waals surface area (Å²) in [6, 6.07) is -0.300. The zero-order valence-corrected chi connectivity index (χ0v) is 12.8. The molecular formula is C15H24N4O2. The minimum absolute atomic E-state index is 0.0413. The SMILES string of the molecule is CCC(=O)N1CCCC[C@H]1C(=O)NCCn1cc(C)cn1. The Hall–Kier alpha value is -1.85. The van der Waals surface area contributed by atoms with Gasteiger partial charge >= 0.3 is 0 Å². The molecule has 116 valence electrons. The van der Waals surface area contributed by atoms with Crippen LogP contribution in [0, 0.1) is 6.92 Å². The minimum Gasteiger partial charge on any atom is -0.352 e. The van der Waals surface area contributed by atoms with Crippen LogP contribution in [0.4, 0.5) is 0 Å². The van der Waals surface area contributed by atoms with Crippen LogP contribution in [0.25, 0.3) is 0 Å². The number of nitrogens with zero attached hydrogens (tertiary/aromatic N) is 3. The maximum Gasteiger partial charge on any atom is 0.242 e. The van der Waals surface area contributed by atoms with Gasteiger partial charge in [0.05, 0.1) is 12.7 Å². The second kappa shape index (κ2) is 7.24. The van der Waals surface area contributed by atoms with Gasteiger partial charge in [0.1, 0.15) is 6.04 Å². The Bertz CT molecular complexity index is 498. The molecule has 2 heterocycles. The quantitative estimate of drug-likeness (QED) is 0.883. The van der Waals surface area contributed by atoms with E-state index in [2.05, 4.69) is 10.4 Å². The highest BCUT2D eigenvalue weighted by Gasteiger charge is 2.30. The average molecular weight is 292 g/mol. The maximum absolute atomic E-state index is 12.3. The zero-order valence-electron chi connectivity index (χ0n) is 12.8. The van der Waals surface area contributed by atoms with Gasteiger partial charge in [-0.15, -0.1) is 0 Å². The number of carbonyl (C=O) groups excluding carboxylic acids is 2. The van der Waals surface area contributed by atoms with Crippen molar-refractivity contribution < 1.29 is 9.59 Å². The number of amides is 2. The summed E-state index contributed by atoms with van der Waals surface area (Å²) in [6.07, 6.45) is 6.95. The predicted octanol–water partition coefficient (Wildman–Crippen LogP) is 1.10. The Balaban J connectivity index is 1.84. The van der Waals surface area contributed by atoms with Gasteiger partial charge in [-0.2, -0.15) is 5.10 Å². The van der Waals surface area contributed by atoms with Crippen LogP contribution >= 0.6 is 0 Å². The van der Waals surface area contributed by atoms with Crippen LogP contribution in [0.15, 0.2) is 12.4 Å². The van der Waals surface area contributed by atoms with Crippen molar-refractivity contribution in [3.05, 3.63) is 18.0 Å². The second-order valence-corrected chi connectivity index (χ2v) is 5.52. The summed E-state index contributed by atoms with van der Waals surface area (Å²) in [4.78, 5) is 25.9. The third kappa shape index (κ3) is 4.06. The molecule has 0 aliphatic carbocycles. The molecule has 1 fully saturated rings.